The van der Waals surface area contributed by atoms with Gasteiger partial charge in [0, 0.05) is 38.3 Å². The third-order valence-corrected chi connectivity index (χ3v) is 7.27. The largest absolute Gasteiger partial charge is 0.484 e. The summed E-state index contributed by atoms with van der Waals surface area (Å²) in [6, 6.07) is 10.1. The van der Waals surface area contributed by atoms with E-state index >= 15 is 0 Å². The summed E-state index contributed by atoms with van der Waals surface area (Å²) in [4.78, 5) is 25.0. The lowest BCUT2D eigenvalue weighted by atomic mass is 10.2. The third kappa shape index (κ3) is 6.01. The summed E-state index contributed by atoms with van der Waals surface area (Å²) < 4.78 is 38.3. The Kier molecular flexibility index (Phi) is 8.42. The summed E-state index contributed by atoms with van der Waals surface area (Å²) in [5.74, 6) is -0.193. The molecule has 1 N–H and O–H groups in total. The van der Waals surface area contributed by atoms with Crippen LogP contribution in [0.25, 0.3) is 0 Å². The van der Waals surface area contributed by atoms with E-state index in [0.29, 0.717) is 43.4 Å². The van der Waals surface area contributed by atoms with Crippen molar-refractivity contribution in [2.24, 2.45) is 0 Å². The quantitative estimate of drug-likeness (QED) is 0.395. The van der Waals surface area contributed by atoms with Crippen LogP contribution in [0.1, 0.15) is 13.8 Å². The number of nitro benzene ring substituents is 1. The van der Waals surface area contributed by atoms with Gasteiger partial charge in [0.15, 0.2) is 6.61 Å². The first kappa shape index (κ1) is 25.4. The Morgan fingerprint density at radius 3 is 2.38 bits per heavy atom. The number of hydrogen-bond acceptors (Lipinski definition) is 8. The molecule has 0 spiro atoms. The molecule has 0 radical (unpaired) electrons. The number of nitro groups is 1. The Hall–Kier alpha value is -3.22. The molecule has 11 nitrogen and oxygen atoms in total. The molecule has 3 rings (SSSR count). The lowest BCUT2D eigenvalue weighted by Gasteiger charge is -2.28. The number of rotatable bonds is 10. The van der Waals surface area contributed by atoms with E-state index in [1.807, 2.05) is 18.7 Å². The van der Waals surface area contributed by atoms with E-state index in [-0.39, 0.29) is 30.3 Å². The van der Waals surface area contributed by atoms with Crippen LogP contribution in [0.3, 0.4) is 0 Å². The van der Waals surface area contributed by atoms with Gasteiger partial charge >= 0.3 is 0 Å². The van der Waals surface area contributed by atoms with Gasteiger partial charge in [-0.05, 0) is 44.2 Å². The van der Waals surface area contributed by atoms with Crippen LogP contribution in [0.5, 0.6) is 5.75 Å². The highest BCUT2D eigenvalue weighted by molar-refractivity contribution is 7.89. The number of benzene rings is 2. The number of ether oxygens (including phenoxy) is 2. The number of anilines is 2. The van der Waals surface area contributed by atoms with E-state index in [0.717, 1.165) is 0 Å². The maximum atomic E-state index is 13.1. The molecule has 184 valence electrons. The third-order valence-electron chi connectivity index (χ3n) is 5.37. The highest BCUT2D eigenvalue weighted by Crippen LogP contribution is 2.30. The summed E-state index contributed by atoms with van der Waals surface area (Å²) in [7, 11) is -3.75. The van der Waals surface area contributed by atoms with E-state index < -0.39 is 20.9 Å². The minimum Gasteiger partial charge on any atom is -0.484 e. The van der Waals surface area contributed by atoms with Crippen molar-refractivity contribution >= 4 is 33.0 Å². The molecule has 12 heteroatoms. The normalized spacial score (nSPS) is 14.4. The fraction of sp³-hybridized carbons (Fsp3) is 0.409. The Morgan fingerprint density at radius 2 is 1.79 bits per heavy atom. The molecule has 0 saturated carbocycles. The van der Waals surface area contributed by atoms with Crippen LogP contribution in [0.2, 0.25) is 0 Å². The molecule has 1 fully saturated rings. The Labute approximate surface area is 198 Å². The zero-order valence-electron chi connectivity index (χ0n) is 19.1. The molecule has 1 amide bonds. The fourth-order valence-corrected chi connectivity index (χ4v) is 4.99. The molecular formula is C22H28N4O7S. The van der Waals surface area contributed by atoms with Crippen molar-refractivity contribution in [1.82, 2.24) is 4.31 Å². The summed E-state index contributed by atoms with van der Waals surface area (Å²) in [5, 5.41) is 13.5. The van der Waals surface area contributed by atoms with Gasteiger partial charge < -0.3 is 19.7 Å². The van der Waals surface area contributed by atoms with Crippen LogP contribution >= 0.6 is 0 Å². The fourth-order valence-electron chi connectivity index (χ4n) is 3.55. The first-order valence-electron chi connectivity index (χ1n) is 10.9. The summed E-state index contributed by atoms with van der Waals surface area (Å²) in [5.41, 5.74) is 0.962. The maximum absolute atomic E-state index is 13.1. The molecule has 34 heavy (non-hydrogen) atoms. The van der Waals surface area contributed by atoms with E-state index in [1.165, 1.54) is 34.6 Å². The number of non-ortho nitro benzene ring substituents is 1. The predicted molar refractivity (Wildman–Crippen MR) is 127 cm³/mol. The van der Waals surface area contributed by atoms with Gasteiger partial charge in [-0.1, -0.05) is 0 Å². The SMILES string of the molecule is CCN(CC)c1ccc(S(=O)(=O)N2CCOCC2)cc1NC(=O)COc1ccc([N+](=O)[O-])cc1. The molecule has 1 aliphatic rings. The molecule has 1 heterocycles. The van der Waals surface area contributed by atoms with Crippen molar-refractivity contribution in [1.29, 1.82) is 0 Å². The van der Waals surface area contributed by atoms with E-state index in [4.69, 9.17) is 9.47 Å². The van der Waals surface area contributed by atoms with Crippen LogP contribution < -0.4 is 15.0 Å². The number of nitrogens with one attached hydrogen (secondary N) is 1. The Morgan fingerprint density at radius 1 is 1.15 bits per heavy atom. The second kappa shape index (κ2) is 11.3. The number of nitrogens with zero attached hydrogens (tertiary/aromatic N) is 3. The van der Waals surface area contributed by atoms with Crippen molar-refractivity contribution in [2.75, 3.05) is 56.2 Å². The van der Waals surface area contributed by atoms with Crippen molar-refractivity contribution < 1.29 is 27.6 Å². The van der Waals surface area contributed by atoms with Crippen LogP contribution in [-0.2, 0) is 19.6 Å². The van der Waals surface area contributed by atoms with Gasteiger partial charge in [0.05, 0.1) is 34.4 Å². The molecule has 0 aliphatic carbocycles. The van der Waals surface area contributed by atoms with Crippen LogP contribution in [0, 0.1) is 10.1 Å². The van der Waals surface area contributed by atoms with Gasteiger partial charge in [-0.2, -0.15) is 4.31 Å². The first-order valence-corrected chi connectivity index (χ1v) is 12.3. The van der Waals surface area contributed by atoms with Crippen molar-refractivity contribution in [3.05, 3.63) is 52.6 Å². The van der Waals surface area contributed by atoms with E-state index in [2.05, 4.69) is 5.32 Å². The minimum atomic E-state index is -3.75. The van der Waals surface area contributed by atoms with Gasteiger partial charge in [-0.15, -0.1) is 0 Å². The van der Waals surface area contributed by atoms with Crippen molar-refractivity contribution in [3.8, 4) is 5.75 Å². The average Bonchev–Trinajstić information content (AvgIpc) is 2.85. The van der Waals surface area contributed by atoms with Gasteiger partial charge in [-0.25, -0.2) is 8.42 Å². The topological polar surface area (TPSA) is 131 Å². The Bertz CT molecular complexity index is 1110. The van der Waals surface area contributed by atoms with Crippen LogP contribution in [0.15, 0.2) is 47.4 Å². The molecule has 2 aromatic carbocycles. The average molecular weight is 493 g/mol. The summed E-state index contributed by atoms with van der Waals surface area (Å²) in [6.45, 7) is 6.10. The number of carbonyl (C=O) groups is 1. The van der Waals surface area contributed by atoms with Gasteiger partial charge in [-0.3, -0.25) is 14.9 Å². The summed E-state index contributed by atoms with van der Waals surface area (Å²) >= 11 is 0. The molecule has 2 aromatic rings. The Balaban J connectivity index is 1.80. The first-order chi connectivity index (χ1) is 16.3. The molecule has 1 saturated heterocycles. The minimum absolute atomic E-state index is 0.0805. The zero-order valence-corrected chi connectivity index (χ0v) is 19.9. The second-order valence-corrected chi connectivity index (χ2v) is 9.39. The zero-order chi connectivity index (χ0) is 24.7. The number of morpholine rings is 1. The molecular weight excluding hydrogens is 464 g/mol. The predicted octanol–water partition coefficient (Wildman–Crippen LogP) is 2.48. The molecule has 0 atom stereocenters. The van der Waals surface area contributed by atoms with Crippen LogP contribution in [-0.4, -0.2) is 69.6 Å². The van der Waals surface area contributed by atoms with Crippen LogP contribution in [0.4, 0.5) is 17.1 Å². The molecule has 0 unspecified atom stereocenters. The number of amides is 1. The van der Waals surface area contributed by atoms with Crippen molar-refractivity contribution in [3.63, 3.8) is 0 Å². The number of sulfonamides is 1. The second-order valence-electron chi connectivity index (χ2n) is 7.46. The lowest BCUT2D eigenvalue weighted by molar-refractivity contribution is -0.384. The molecule has 1 aliphatic heterocycles. The van der Waals surface area contributed by atoms with E-state index in [9.17, 15) is 23.3 Å². The smallest absolute Gasteiger partial charge is 0.269 e. The number of carbonyl (C=O) groups excluding carboxylic acids is 1. The standard InChI is InChI=1S/C22H28N4O7S/c1-3-24(4-2)21-10-9-19(34(30,31)25-11-13-32-14-12-25)15-20(21)23-22(27)16-33-18-7-5-17(6-8-18)26(28)29/h5-10,15H,3-4,11-14,16H2,1-2H3,(H,23,27). The van der Waals surface area contributed by atoms with Crippen molar-refractivity contribution in [2.45, 2.75) is 18.7 Å². The highest BCUT2D eigenvalue weighted by Gasteiger charge is 2.27. The lowest BCUT2D eigenvalue weighted by Crippen LogP contribution is -2.40. The molecule has 0 aromatic heterocycles. The number of hydrogen-bond donors (Lipinski definition) is 1. The van der Waals surface area contributed by atoms with Gasteiger partial charge in [0.2, 0.25) is 10.0 Å². The van der Waals surface area contributed by atoms with E-state index in [1.54, 1.807) is 12.1 Å². The highest BCUT2D eigenvalue weighted by atomic mass is 32.2. The maximum Gasteiger partial charge on any atom is 0.269 e. The molecule has 0 bridgehead atoms. The summed E-state index contributed by atoms with van der Waals surface area (Å²) in [6.07, 6.45) is 0. The van der Waals surface area contributed by atoms with Gasteiger partial charge in [0.25, 0.3) is 11.6 Å². The monoisotopic (exact) mass is 492 g/mol. The van der Waals surface area contributed by atoms with Gasteiger partial charge in [0.1, 0.15) is 5.75 Å².